The Morgan fingerprint density at radius 1 is 1.12 bits per heavy atom. The van der Waals surface area contributed by atoms with E-state index in [0.29, 0.717) is 29.5 Å². The van der Waals surface area contributed by atoms with Crippen molar-refractivity contribution < 1.29 is 24.2 Å². The van der Waals surface area contributed by atoms with E-state index in [1.807, 2.05) is 12.1 Å². The van der Waals surface area contributed by atoms with Crippen LogP contribution in [0.1, 0.15) is 107 Å². The average molecular weight is 589 g/mol. The lowest BCUT2D eigenvalue weighted by atomic mass is 9.84. The fraction of sp³-hybridized carbons (Fsp3) is 0.613. The molecule has 0 aliphatic carbocycles. The van der Waals surface area contributed by atoms with Crippen molar-refractivity contribution in [2.24, 2.45) is 11.3 Å². The van der Waals surface area contributed by atoms with Crippen molar-refractivity contribution in [3.8, 4) is 0 Å². The lowest BCUT2D eigenvalue weighted by Crippen LogP contribution is -2.41. The summed E-state index contributed by atoms with van der Waals surface area (Å²) < 4.78 is 5.68. The normalized spacial score (nSPS) is 13.9. The Morgan fingerprint density at radius 3 is 2.39 bits per heavy atom. The van der Waals surface area contributed by atoms with Crippen molar-refractivity contribution in [1.29, 1.82) is 0 Å². The molecular formula is C31H48N4O5S. The summed E-state index contributed by atoms with van der Waals surface area (Å²) in [6.07, 6.45) is 5.30. The first kappa shape index (κ1) is 34.2. The van der Waals surface area contributed by atoms with Crippen LogP contribution in [0.5, 0.6) is 0 Å². The Kier molecular flexibility index (Phi) is 13.7. The predicted octanol–water partition coefficient (Wildman–Crippen LogP) is 5.76. The Balaban J connectivity index is 2.19. The number of nitrogens with one attached hydrogen (secondary N) is 2. The number of nitrogens with zero attached hydrogens (tertiary/aromatic N) is 1. The molecule has 0 aliphatic heterocycles. The monoisotopic (exact) mass is 588 g/mol. The lowest BCUT2D eigenvalue weighted by Gasteiger charge is -2.27. The van der Waals surface area contributed by atoms with Crippen LogP contribution in [-0.4, -0.2) is 46.6 Å². The van der Waals surface area contributed by atoms with E-state index in [1.165, 1.54) is 37.5 Å². The molecule has 0 radical (unpaired) electrons. The third kappa shape index (κ3) is 11.8. The van der Waals surface area contributed by atoms with Gasteiger partial charge in [0.15, 0.2) is 6.10 Å². The highest BCUT2D eigenvalue weighted by atomic mass is 32.1. The zero-order chi connectivity index (χ0) is 30.6. The molecule has 0 saturated heterocycles. The van der Waals surface area contributed by atoms with E-state index in [4.69, 9.17) is 10.5 Å². The summed E-state index contributed by atoms with van der Waals surface area (Å²) >= 11 is 1.28. The van der Waals surface area contributed by atoms with Crippen LogP contribution >= 0.6 is 11.3 Å². The number of carbonyl (C=O) groups is 3. The number of aliphatic carboxylic acids is 1. The van der Waals surface area contributed by atoms with Crippen LogP contribution < -0.4 is 16.4 Å². The maximum atomic E-state index is 13.3. The molecule has 3 atom stereocenters. The molecule has 10 heteroatoms. The van der Waals surface area contributed by atoms with Crippen molar-refractivity contribution in [2.75, 3.05) is 12.3 Å². The van der Waals surface area contributed by atoms with Gasteiger partial charge in [-0.05, 0) is 63.3 Å². The molecule has 0 aliphatic rings. The minimum Gasteiger partial charge on any atom is -0.481 e. The van der Waals surface area contributed by atoms with Gasteiger partial charge in [0.2, 0.25) is 0 Å². The number of carboxylic acid groups (broad SMARTS) is 1. The smallest absolute Gasteiger partial charge is 0.309 e. The van der Waals surface area contributed by atoms with Gasteiger partial charge >= 0.3 is 11.9 Å². The molecule has 0 saturated carbocycles. The first-order valence-electron chi connectivity index (χ1n) is 14.6. The van der Waals surface area contributed by atoms with Crippen molar-refractivity contribution in [3.05, 3.63) is 45.9 Å². The van der Waals surface area contributed by atoms with Gasteiger partial charge in [-0.3, -0.25) is 14.4 Å². The van der Waals surface area contributed by atoms with Gasteiger partial charge in [0.25, 0.3) is 5.91 Å². The Hall–Kier alpha value is -2.98. The van der Waals surface area contributed by atoms with Crippen molar-refractivity contribution in [1.82, 2.24) is 15.6 Å². The van der Waals surface area contributed by atoms with Crippen molar-refractivity contribution >= 4 is 34.9 Å². The van der Waals surface area contributed by atoms with E-state index in [-0.39, 0.29) is 18.2 Å². The first-order chi connectivity index (χ1) is 19.3. The van der Waals surface area contributed by atoms with E-state index in [1.54, 1.807) is 31.4 Å². The number of unbranched alkanes of at least 4 members (excludes halogenated alkanes) is 3. The topological polar surface area (TPSA) is 144 Å². The van der Waals surface area contributed by atoms with Gasteiger partial charge in [-0.1, -0.05) is 52.2 Å². The number of nitrogens with two attached hydrogens (primary N) is 1. The number of hydrogen-bond acceptors (Lipinski definition) is 8. The third-order valence-electron chi connectivity index (χ3n) is 7.18. The zero-order valence-corrected chi connectivity index (χ0v) is 26.2. The van der Waals surface area contributed by atoms with E-state index >= 15 is 0 Å². The van der Waals surface area contributed by atoms with Gasteiger partial charge in [-0.25, -0.2) is 4.98 Å². The standard InChI is InChI=1S/C31H48N4O5S/c1-7-8-9-10-15-33-25(20(2)3)17-27(40-21(4)36)29-35-26(19-41-29)28(37)34-24(18-31(5,6)30(38)39)16-22-11-13-23(32)14-12-22/h11-14,19-20,24-25,27,33H,7-10,15-18,32H2,1-6H3,(H,34,37)(H,38,39). The minimum absolute atomic E-state index is 0.115. The number of amides is 1. The van der Waals surface area contributed by atoms with Gasteiger partial charge < -0.3 is 26.2 Å². The molecule has 228 valence electrons. The number of anilines is 1. The van der Waals surface area contributed by atoms with E-state index in [0.717, 1.165) is 18.5 Å². The van der Waals surface area contributed by atoms with Gasteiger partial charge in [-0.2, -0.15) is 0 Å². The lowest BCUT2D eigenvalue weighted by molar-refractivity contribution is -0.148. The van der Waals surface area contributed by atoms with Crippen LogP contribution in [-0.2, 0) is 20.7 Å². The number of aromatic nitrogens is 1. The molecule has 2 aromatic rings. The second kappa shape index (κ2) is 16.5. The number of ether oxygens (including phenoxy) is 1. The number of carboxylic acids is 1. The van der Waals surface area contributed by atoms with Gasteiger partial charge in [-0.15, -0.1) is 11.3 Å². The summed E-state index contributed by atoms with van der Waals surface area (Å²) in [6.45, 7) is 12.0. The van der Waals surface area contributed by atoms with Crippen LogP contribution in [0.2, 0.25) is 0 Å². The molecule has 1 amide bonds. The molecular weight excluding hydrogens is 540 g/mol. The van der Waals surface area contributed by atoms with Crippen molar-refractivity contribution in [3.63, 3.8) is 0 Å². The highest BCUT2D eigenvalue weighted by Crippen LogP contribution is 2.29. The molecule has 0 spiro atoms. The van der Waals surface area contributed by atoms with Gasteiger partial charge in [0.05, 0.1) is 5.41 Å². The summed E-state index contributed by atoms with van der Waals surface area (Å²) in [7, 11) is 0. The summed E-state index contributed by atoms with van der Waals surface area (Å²) in [4.78, 5) is 41.7. The second-order valence-corrected chi connectivity index (χ2v) is 12.7. The SMILES string of the molecule is CCCCCCNC(CC(OC(C)=O)c1nc(C(=O)NC(Cc2ccc(N)cc2)CC(C)(C)C(=O)O)cs1)C(C)C. The molecule has 2 rings (SSSR count). The fourth-order valence-electron chi connectivity index (χ4n) is 4.68. The second-order valence-electron chi connectivity index (χ2n) is 11.8. The number of esters is 1. The minimum atomic E-state index is -1.05. The van der Waals surface area contributed by atoms with E-state index in [9.17, 15) is 19.5 Å². The zero-order valence-electron chi connectivity index (χ0n) is 25.4. The number of nitrogen functional groups attached to an aromatic ring is 1. The van der Waals surface area contributed by atoms with Gasteiger partial charge in [0.1, 0.15) is 10.7 Å². The highest BCUT2D eigenvalue weighted by Gasteiger charge is 2.32. The quantitative estimate of drug-likeness (QED) is 0.0978. The summed E-state index contributed by atoms with van der Waals surface area (Å²) in [6, 6.07) is 6.97. The third-order valence-corrected chi connectivity index (χ3v) is 8.12. The molecule has 1 aromatic carbocycles. The number of hydrogen-bond donors (Lipinski definition) is 4. The molecule has 5 N–H and O–H groups in total. The Morgan fingerprint density at radius 2 is 1.80 bits per heavy atom. The highest BCUT2D eigenvalue weighted by molar-refractivity contribution is 7.09. The largest absolute Gasteiger partial charge is 0.481 e. The summed E-state index contributed by atoms with van der Waals surface area (Å²) in [5.41, 5.74) is 6.54. The first-order valence-corrected chi connectivity index (χ1v) is 15.4. The fourth-order valence-corrected chi connectivity index (χ4v) is 5.51. The maximum Gasteiger partial charge on any atom is 0.309 e. The molecule has 1 heterocycles. The Bertz CT molecular complexity index is 1120. The maximum absolute atomic E-state index is 13.3. The molecule has 3 unspecified atom stereocenters. The molecule has 9 nitrogen and oxygen atoms in total. The van der Waals surface area contributed by atoms with Crippen molar-refractivity contribution in [2.45, 2.75) is 105 Å². The average Bonchev–Trinajstić information content (AvgIpc) is 3.38. The molecule has 1 aromatic heterocycles. The van der Waals surface area contributed by atoms with Crippen LogP contribution in [0.25, 0.3) is 0 Å². The predicted molar refractivity (Wildman–Crippen MR) is 164 cm³/mol. The van der Waals surface area contributed by atoms with E-state index < -0.39 is 35.4 Å². The molecule has 0 fully saturated rings. The molecule has 41 heavy (non-hydrogen) atoms. The number of carbonyl (C=O) groups excluding carboxylic acids is 2. The van der Waals surface area contributed by atoms with Crippen LogP contribution in [0, 0.1) is 11.3 Å². The molecule has 0 bridgehead atoms. The van der Waals surface area contributed by atoms with Crippen LogP contribution in [0.4, 0.5) is 5.69 Å². The van der Waals surface area contributed by atoms with Gasteiger partial charge in [0, 0.05) is 36.5 Å². The number of benzene rings is 1. The van der Waals surface area contributed by atoms with E-state index in [2.05, 4.69) is 36.4 Å². The number of rotatable bonds is 18. The number of thiazole rings is 1. The summed E-state index contributed by atoms with van der Waals surface area (Å²) in [5, 5.41) is 18.5. The summed E-state index contributed by atoms with van der Waals surface area (Å²) in [5.74, 6) is -1.42. The van der Waals surface area contributed by atoms with Crippen LogP contribution in [0.15, 0.2) is 29.6 Å². The van der Waals surface area contributed by atoms with Crippen LogP contribution in [0.3, 0.4) is 0 Å². The Labute approximate surface area is 248 Å².